The standard InChI is InChI=1S/C21H18ClN5O2/c1-13-7-8-15(9-17(13)22)25-19(28)11-26-12-23-20-16(21(26)29)10-24-27(20)18-6-4-3-5-14(18)2/h3-10,12H,11H2,1-2H3,(H,25,28). The summed E-state index contributed by atoms with van der Waals surface area (Å²) in [7, 11) is 0. The summed E-state index contributed by atoms with van der Waals surface area (Å²) in [5, 5.41) is 7.97. The molecule has 0 unspecified atom stereocenters. The highest BCUT2D eigenvalue weighted by Gasteiger charge is 2.14. The molecule has 4 aromatic rings. The number of amides is 1. The van der Waals surface area contributed by atoms with E-state index in [1.54, 1.807) is 16.8 Å². The van der Waals surface area contributed by atoms with Crippen LogP contribution in [0.1, 0.15) is 11.1 Å². The molecule has 146 valence electrons. The number of nitrogens with zero attached hydrogens (tertiary/aromatic N) is 4. The second kappa shape index (κ2) is 7.52. The first-order valence-electron chi connectivity index (χ1n) is 8.99. The lowest BCUT2D eigenvalue weighted by atomic mass is 10.2. The van der Waals surface area contributed by atoms with Crippen molar-refractivity contribution in [1.29, 1.82) is 0 Å². The molecule has 2 aromatic carbocycles. The lowest BCUT2D eigenvalue weighted by Crippen LogP contribution is -2.27. The first-order valence-corrected chi connectivity index (χ1v) is 9.37. The van der Waals surface area contributed by atoms with E-state index in [-0.39, 0.29) is 18.0 Å². The minimum atomic E-state index is -0.348. The molecule has 29 heavy (non-hydrogen) atoms. The van der Waals surface area contributed by atoms with Crippen molar-refractivity contribution >= 4 is 34.2 Å². The monoisotopic (exact) mass is 407 g/mol. The summed E-state index contributed by atoms with van der Waals surface area (Å²) in [6.45, 7) is 3.68. The molecular formula is C21H18ClN5O2. The number of aryl methyl sites for hydroxylation is 2. The second-order valence-corrected chi connectivity index (χ2v) is 7.18. The number of hydrogen-bond acceptors (Lipinski definition) is 4. The summed E-state index contributed by atoms with van der Waals surface area (Å²) >= 11 is 6.09. The number of carbonyl (C=O) groups excluding carboxylic acids is 1. The van der Waals surface area contributed by atoms with E-state index in [1.165, 1.54) is 17.1 Å². The zero-order chi connectivity index (χ0) is 20.5. The van der Waals surface area contributed by atoms with Crippen molar-refractivity contribution in [3.05, 3.63) is 81.5 Å². The summed E-state index contributed by atoms with van der Waals surface area (Å²) in [5.41, 5.74) is 3.47. The molecule has 0 atom stereocenters. The van der Waals surface area contributed by atoms with E-state index in [4.69, 9.17) is 11.6 Å². The Morgan fingerprint density at radius 2 is 1.93 bits per heavy atom. The predicted molar refractivity (Wildman–Crippen MR) is 113 cm³/mol. The van der Waals surface area contributed by atoms with E-state index >= 15 is 0 Å². The van der Waals surface area contributed by atoms with Gasteiger partial charge in [0, 0.05) is 10.7 Å². The average Bonchev–Trinajstić information content (AvgIpc) is 3.12. The zero-order valence-electron chi connectivity index (χ0n) is 15.9. The van der Waals surface area contributed by atoms with Gasteiger partial charge in [-0.25, -0.2) is 9.67 Å². The van der Waals surface area contributed by atoms with E-state index in [0.29, 0.717) is 21.7 Å². The minimum absolute atomic E-state index is 0.164. The average molecular weight is 408 g/mol. The van der Waals surface area contributed by atoms with Crippen LogP contribution in [0.5, 0.6) is 0 Å². The molecule has 2 heterocycles. The van der Waals surface area contributed by atoms with Gasteiger partial charge in [-0.2, -0.15) is 5.10 Å². The summed E-state index contributed by atoms with van der Waals surface area (Å²) in [5.74, 6) is -0.348. The third-order valence-corrected chi connectivity index (χ3v) is 5.07. The Morgan fingerprint density at radius 1 is 1.14 bits per heavy atom. The van der Waals surface area contributed by atoms with E-state index in [2.05, 4.69) is 15.4 Å². The van der Waals surface area contributed by atoms with Crippen LogP contribution in [0.25, 0.3) is 16.7 Å². The number of halogens is 1. The van der Waals surface area contributed by atoms with Crippen molar-refractivity contribution in [2.75, 3.05) is 5.32 Å². The molecule has 1 N–H and O–H groups in total. The van der Waals surface area contributed by atoms with Crippen molar-refractivity contribution in [3.8, 4) is 5.69 Å². The van der Waals surface area contributed by atoms with Crippen LogP contribution in [0.15, 0.2) is 59.8 Å². The third kappa shape index (κ3) is 3.64. The van der Waals surface area contributed by atoms with Crippen molar-refractivity contribution in [2.45, 2.75) is 20.4 Å². The Bertz CT molecular complexity index is 1290. The van der Waals surface area contributed by atoms with Gasteiger partial charge in [-0.15, -0.1) is 0 Å². The van der Waals surface area contributed by atoms with Crippen molar-refractivity contribution in [1.82, 2.24) is 19.3 Å². The summed E-state index contributed by atoms with van der Waals surface area (Å²) in [6, 6.07) is 13.0. The maximum atomic E-state index is 12.8. The molecule has 0 aliphatic carbocycles. The number of benzene rings is 2. The molecule has 8 heteroatoms. The Labute approximate surface area is 171 Å². The number of carbonyl (C=O) groups is 1. The van der Waals surface area contributed by atoms with Crippen LogP contribution in [0.3, 0.4) is 0 Å². The Morgan fingerprint density at radius 3 is 2.69 bits per heavy atom. The number of fused-ring (bicyclic) bond motifs is 1. The van der Waals surface area contributed by atoms with Crippen molar-refractivity contribution in [2.24, 2.45) is 0 Å². The first-order chi connectivity index (χ1) is 13.9. The number of para-hydroxylation sites is 1. The largest absolute Gasteiger partial charge is 0.324 e. The van der Waals surface area contributed by atoms with E-state index in [9.17, 15) is 9.59 Å². The van der Waals surface area contributed by atoms with Crippen LogP contribution in [-0.2, 0) is 11.3 Å². The molecule has 0 spiro atoms. The van der Waals surface area contributed by atoms with Crippen molar-refractivity contribution < 1.29 is 4.79 Å². The number of anilines is 1. The van der Waals surface area contributed by atoms with Crippen LogP contribution < -0.4 is 10.9 Å². The quantitative estimate of drug-likeness (QED) is 0.561. The number of hydrogen-bond donors (Lipinski definition) is 1. The molecule has 4 rings (SSSR count). The Hall–Kier alpha value is -3.45. The van der Waals surface area contributed by atoms with Gasteiger partial charge in [0.15, 0.2) is 5.65 Å². The van der Waals surface area contributed by atoms with Crippen LogP contribution in [0.4, 0.5) is 5.69 Å². The topological polar surface area (TPSA) is 81.8 Å². The zero-order valence-corrected chi connectivity index (χ0v) is 16.6. The van der Waals surface area contributed by atoms with Gasteiger partial charge in [0.1, 0.15) is 18.3 Å². The molecule has 0 aliphatic heterocycles. The first kappa shape index (κ1) is 18.9. The molecule has 0 radical (unpaired) electrons. The van der Waals surface area contributed by atoms with Gasteiger partial charge in [0.25, 0.3) is 5.56 Å². The van der Waals surface area contributed by atoms with Crippen LogP contribution in [0, 0.1) is 13.8 Å². The summed E-state index contributed by atoms with van der Waals surface area (Å²) in [4.78, 5) is 29.6. The fourth-order valence-corrected chi connectivity index (χ4v) is 3.24. The molecule has 0 saturated carbocycles. The number of rotatable bonds is 4. The Balaban J connectivity index is 1.61. The SMILES string of the molecule is Cc1ccc(NC(=O)Cn2cnc3c(cnn3-c3ccccc3C)c2=O)cc1Cl. The number of aromatic nitrogens is 4. The molecule has 0 saturated heterocycles. The van der Waals surface area contributed by atoms with Gasteiger partial charge < -0.3 is 5.32 Å². The van der Waals surface area contributed by atoms with Gasteiger partial charge in [-0.3, -0.25) is 14.2 Å². The molecule has 1 amide bonds. The van der Waals surface area contributed by atoms with Gasteiger partial charge in [-0.1, -0.05) is 35.9 Å². The molecule has 0 aliphatic rings. The molecular weight excluding hydrogens is 390 g/mol. The molecule has 0 fully saturated rings. The lowest BCUT2D eigenvalue weighted by Gasteiger charge is -2.09. The highest BCUT2D eigenvalue weighted by Crippen LogP contribution is 2.20. The maximum Gasteiger partial charge on any atom is 0.264 e. The van der Waals surface area contributed by atoms with E-state index in [0.717, 1.165) is 16.8 Å². The smallest absolute Gasteiger partial charge is 0.264 e. The van der Waals surface area contributed by atoms with Gasteiger partial charge in [0.2, 0.25) is 5.91 Å². The fraction of sp³-hybridized carbons (Fsp3) is 0.143. The highest BCUT2D eigenvalue weighted by molar-refractivity contribution is 6.31. The van der Waals surface area contributed by atoms with Crippen molar-refractivity contribution in [3.63, 3.8) is 0 Å². The van der Waals surface area contributed by atoms with E-state index < -0.39 is 0 Å². The molecule has 7 nitrogen and oxygen atoms in total. The lowest BCUT2D eigenvalue weighted by molar-refractivity contribution is -0.116. The Kier molecular flexibility index (Phi) is 4.90. The summed E-state index contributed by atoms with van der Waals surface area (Å²) < 4.78 is 2.89. The van der Waals surface area contributed by atoms with Gasteiger partial charge in [-0.05, 0) is 43.2 Å². The fourth-order valence-electron chi connectivity index (χ4n) is 3.06. The normalized spacial score (nSPS) is 11.0. The van der Waals surface area contributed by atoms with Gasteiger partial charge in [0.05, 0.1) is 11.9 Å². The molecule has 2 aromatic heterocycles. The highest BCUT2D eigenvalue weighted by atomic mass is 35.5. The second-order valence-electron chi connectivity index (χ2n) is 6.77. The summed E-state index contributed by atoms with van der Waals surface area (Å²) in [6.07, 6.45) is 2.84. The third-order valence-electron chi connectivity index (χ3n) is 4.67. The maximum absolute atomic E-state index is 12.8. The van der Waals surface area contributed by atoms with Crippen LogP contribution in [-0.4, -0.2) is 25.2 Å². The minimum Gasteiger partial charge on any atom is -0.324 e. The van der Waals surface area contributed by atoms with Crippen LogP contribution in [0.2, 0.25) is 5.02 Å². The predicted octanol–water partition coefficient (Wildman–Crippen LogP) is 3.49. The molecule has 0 bridgehead atoms. The van der Waals surface area contributed by atoms with E-state index in [1.807, 2.05) is 44.2 Å². The van der Waals surface area contributed by atoms with Crippen LogP contribution >= 0.6 is 11.6 Å². The van der Waals surface area contributed by atoms with Gasteiger partial charge >= 0.3 is 0 Å². The number of nitrogens with one attached hydrogen (secondary N) is 1.